The van der Waals surface area contributed by atoms with Crippen molar-refractivity contribution in [1.29, 1.82) is 0 Å². The quantitative estimate of drug-likeness (QED) is 0.323. The third kappa shape index (κ3) is 5.67. The molecule has 41 heavy (non-hydrogen) atoms. The molecule has 2 aliphatic heterocycles. The van der Waals surface area contributed by atoms with Gasteiger partial charge >= 0.3 is 0 Å². The van der Waals surface area contributed by atoms with E-state index in [1.807, 2.05) is 25.3 Å². The van der Waals surface area contributed by atoms with E-state index in [0.717, 1.165) is 63.4 Å². The van der Waals surface area contributed by atoms with Crippen molar-refractivity contribution in [2.24, 2.45) is 0 Å². The number of hydrogen-bond acceptors (Lipinski definition) is 8. The number of carbonyl (C=O) groups excluding carboxylic acids is 1. The summed E-state index contributed by atoms with van der Waals surface area (Å²) in [6.07, 6.45) is 6.06. The summed E-state index contributed by atoms with van der Waals surface area (Å²) in [4.78, 5) is 36.8. The molecule has 0 radical (unpaired) electrons. The van der Waals surface area contributed by atoms with Crippen molar-refractivity contribution in [1.82, 2.24) is 29.7 Å². The molecule has 0 aliphatic carbocycles. The molecule has 10 nitrogen and oxygen atoms in total. The number of carbonyl (C=O) groups is 1. The smallest absolute Gasteiger partial charge is 0.263 e. The second-order valence-electron chi connectivity index (χ2n) is 10.6. The van der Waals surface area contributed by atoms with Crippen molar-refractivity contribution in [3.63, 3.8) is 0 Å². The van der Waals surface area contributed by atoms with Gasteiger partial charge in [-0.25, -0.2) is 19.3 Å². The van der Waals surface area contributed by atoms with Crippen LogP contribution >= 0.6 is 0 Å². The summed E-state index contributed by atoms with van der Waals surface area (Å²) in [5.74, 6) is 0.00379. The summed E-state index contributed by atoms with van der Waals surface area (Å²) in [6.45, 7) is 10.3. The number of fused-ring (bicyclic) bond motifs is 1. The average Bonchev–Trinajstić information content (AvgIpc) is 3.40. The fourth-order valence-corrected chi connectivity index (χ4v) is 5.55. The molecule has 0 bridgehead atoms. The zero-order valence-electron chi connectivity index (χ0n) is 23.5. The Morgan fingerprint density at radius 1 is 1.02 bits per heavy atom. The number of aromatic nitrogens is 4. The Morgan fingerprint density at radius 2 is 1.83 bits per heavy atom. The number of likely N-dealkylation sites (N-methyl/N-ethyl adjacent to an activating group) is 1. The van der Waals surface area contributed by atoms with Crippen LogP contribution in [-0.4, -0.2) is 81.5 Å². The fraction of sp³-hybridized carbons (Fsp3) is 0.400. The molecule has 4 aromatic rings. The topological polar surface area (TPSA) is 103 Å². The van der Waals surface area contributed by atoms with E-state index in [9.17, 15) is 4.79 Å². The number of hydrogen-bond donors (Lipinski definition) is 2. The molecule has 0 atom stereocenters. The largest absolute Gasteiger partial charge is 0.435 e. The van der Waals surface area contributed by atoms with Crippen LogP contribution < -0.4 is 15.0 Å². The lowest BCUT2D eigenvalue weighted by atomic mass is 10.1. The summed E-state index contributed by atoms with van der Waals surface area (Å²) in [5.41, 5.74) is 2.71. The minimum atomic E-state index is -0.520. The number of amides is 1. The number of pyridine rings is 1. The van der Waals surface area contributed by atoms with Crippen LogP contribution in [0.1, 0.15) is 42.2 Å². The maximum Gasteiger partial charge on any atom is 0.263 e. The molecule has 2 aliphatic rings. The molecule has 6 rings (SSSR count). The molecule has 3 aromatic heterocycles. The van der Waals surface area contributed by atoms with Crippen molar-refractivity contribution in [3.8, 4) is 11.6 Å². The number of piperidine rings is 1. The van der Waals surface area contributed by atoms with Crippen molar-refractivity contribution in [2.75, 3.05) is 56.0 Å². The van der Waals surface area contributed by atoms with Gasteiger partial charge in [0.1, 0.15) is 17.7 Å². The van der Waals surface area contributed by atoms with Crippen molar-refractivity contribution < 1.29 is 13.9 Å². The number of aryl methyl sites for hydroxylation is 1. The Balaban J connectivity index is 1.30. The second-order valence-corrected chi connectivity index (χ2v) is 10.6. The van der Waals surface area contributed by atoms with Crippen LogP contribution in [0.15, 0.2) is 42.9 Å². The molecule has 2 N–H and O–H groups in total. The van der Waals surface area contributed by atoms with Gasteiger partial charge in [-0.1, -0.05) is 6.92 Å². The van der Waals surface area contributed by atoms with Gasteiger partial charge < -0.3 is 29.7 Å². The highest BCUT2D eigenvalue weighted by atomic mass is 19.1. The third-order valence-electron chi connectivity index (χ3n) is 7.89. The predicted molar refractivity (Wildman–Crippen MR) is 157 cm³/mol. The highest BCUT2D eigenvalue weighted by molar-refractivity contribution is 6.01. The molecule has 0 saturated carbocycles. The number of piperazine rings is 1. The van der Waals surface area contributed by atoms with Crippen molar-refractivity contribution in [3.05, 3.63) is 59.9 Å². The first-order chi connectivity index (χ1) is 20.0. The van der Waals surface area contributed by atoms with Crippen LogP contribution in [-0.2, 0) is 0 Å². The molecular formula is C30H35FN8O2. The number of aromatic amines is 1. The van der Waals surface area contributed by atoms with E-state index < -0.39 is 5.82 Å². The normalized spacial score (nSPS) is 16.3. The zero-order valence-corrected chi connectivity index (χ0v) is 23.5. The summed E-state index contributed by atoms with van der Waals surface area (Å²) in [6, 6.07) is 8.91. The first kappa shape index (κ1) is 26.9. The Morgan fingerprint density at radius 3 is 2.56 bits per heavy atom. The number of anilines is 3. The van der Waals surface area contributed by atoms with E-state index in [4.69, 9.17) is 4.74 Å². The average molecular weight is 559 g/mol. The highest BCUT2D eigenvalue weighted by Crippen LogP contribution is 2.34. The van der Waals surface area contributed by atoms with Gasteiger partial charge in [0, 0.05) is 55.9 Å². The summed E-state index contributed by atoms with van der Waals surface area (Å²) in [5, 5.41) is 3.61. The van der Waals surface area contributed by atoms with E-state index in [2.05, 4.69) is 42.0 Å². The monoisotopic (exact) mass is 558 g/mol. The number of ether oxygens (including phenoxy) is 1. The minimum Gasteiger partial charge on any atom is -0.435 e. The zero-order chi connectivity index (χ0) is 28.3. The lowest BCUT2D eigenvalue weighted by molar-refractivity contribution is 0.0721. The SMILES string of the molecule is CCN1CCN(c2ccc(Nc3ncnc(Oc4ccc5[nH]c(C)cc5c4F)c3C(=O)N3CCCCC3)nc2)CC1. The van der Waals surface area contributed by atoms with Gasteiger partial charge in [-0.15, -0.1) is 0 Å². The minimum absolute atomic E-state index is 0.00556. The Bertz CT molecular complexity index is 1530. The lowest BCUT2D eigenvalue weighted by Gasteiger charge is -2.35. The summed E-state index contributed by atoms with van der Waals surface area (Å²) in [7, 11) is 0. The molecular weight excluding hydrogens is 523 g/mol. The van der Waals surface area contributed by atoms with E-state index in [0.29, 0.717) is 29.8 Å². The van der Waals surface area contributed by atoms with Gasteiger partial charge in [0.15, 0.2) is 17.4 Å². The maximum absolute atomic E-state index is 15.4. The van der Waals surface area contributed by atoms with Crippen LogP contribution in [0.3, 0.4) is 0 Å². The standard InChI is InChI=1S/C30H35FN8O2/c1-3-37-13-15-38(16-14-37)21-7-10-25(32-18-21)36-28-26(30(40)39-11-5-4-6-12-39)29(34-19-33-28)41-24-9-8-23-22(27(24)31)17-20(2)35-23/h7-10,17-19,35H,3-6,11-16H2,1-2H3,(H,32,33,34,36). The number of halogens is 1. The number of nitrogens with zero attached hydrogens (tertiary/aromatic N) is 6. The van der Waals surface area contributed by atoms with Crippen LogP contribution in [0, 0.1) is 12.7 Å². The molecule has 11 heteroatoms. The van der Waals surface area contributed by atoms with Gasteiger partial charge in [0.2, 0.25) is 5.88 Å². The van der Waals surface area contributed by atoms with Gasteiger partial charge in [-0.2, -0.15) is 0 Å². The van der Waals surface area contributed by atoms with E-state index in [1.54, 1.807) is 23.1 Å². The number of rotatable bonds is 7. The van der Waals surface area contributed by atoms with E-state index in [-0.39, 0.29) is 28.9 Å². The Kier molecular flexibility index (Phi) is 7.69. The van der Waals surface area contributed by atoms with Gasteiger partial charge in [0.25, 0.3) is 5.91 Å². The molecule has 214 valence electrons. The van der Waals surface area contributed by atoms with Crippen molar-refractivity contribution >= 4 is 34.1 Å². The molecule has 0 spiro atoms. The second kappa shape index (κ2) is 11.7. The molecule has 1 aromatic carbocycles. The van der Waals surface area contributed by atoms with Crippen LogP contribution in [0.25, 0.3) is 10.9 Å². The predicted octanol–water partition coefficient (Wildman–Crippen LogP) is 5.10. The van der Waals surface area contributed by atoms with Gasteiger partial charge in [0.05, 0.1) is 11.9 Å². The number of benzene rings is 1. The van der Waals surface area contributed by atoms with Crippen LogP contribution in [0.5, 0.6) is 11.6 Å². The Labute approximate surface area is 238 Å². The number of nitrogens with one attached hydrogen (secondary N) is 2. The molecule has 2 saturated heterocycles. The van der Waals surface area contributed by atoms with Gasteiger partial charge in [-0.05, 0) is 63.1 Å². The van der Waals surface area contributed by atoms with E-state index in [1.165, 1.54) is 6.33 Å². The van der Waals surface area contributed by atoms with Crippen LogP contribution in [0.4, 0.5) is 21.7 Å². The molecule has 2 fully saturated rings. The van der Waals surface area contributed by atoms with Crippen LogP contribution in [0.2, 0.25) is 0 Å². The molecule has 1 amide bonds. The summed E-state index contributed by atoms with van der Waals surface area (Å²) < 4.78 is 21.4. The maximum atomic E-state index is 15.4. The first-order valence-electron chi connectivity index (χ1n) is 14.3. The third-order valence-corrected chi connectivity index (χ3v) is 7.89. The Hall–Kier alpha value is -4.25. The first-order valence-corrected chi connectivity index (χ1v) is 14.3. The molecule has 5 heterocycles. The van der Waals surface area contributed by atoms with E-state index >= 15 is 4.39 Å². The van der Waals surface area contributed by atoms with Crippen molar-refractivity contribution in [2.45, 2.75) is 33.1 Å². The summed E-state index contributed by atoms with van der Waals surface area (Å²) >= 11 is 0. The molecule has 0 unspecified atom stereocenters. The fourth-order valence-electron chi connectivity index (χ4n) is 5.55. The highest BCUT2D eigenvalue weighted by Gasteiger charge is 2.28. The number of likely N-dealkylation sites (tertiary alicyclic amines) is 1. The number of H-pyrrole nitrogens is 1. The van der Waals surface area contributed by atoms with Gasteiger partial charge in [-0.3, -0.25) is 4.79 Å². The lowest BCUT2D eigenvalue weighted by Crippen LogP contribution is -2.46.